The number of hydrogen-bond acceptors (Lipinski definition) is 4. The number of sulfone groups is 1. The van der Waals surface area contributed by atoms with E-state index in [4.69, 9.17) is 0 Å². The fourth-order valence-electron chi connectivity index (χ4n) is 1.65. The summed E-state index contributed by atoms with van der Waals surface area (Å²) in [5, 5.41) is 0. The molecule has 0 aromatic heterocycles. The molecule has 0 atom stereocenters. The van der Waals surface area contributed by atoms with E-state index in [2.05, 4.69) is 4.72 Å². The summed E-state index contributed by atoms with van der Waals surface area (Å²) < 4.78 is 49.0. The number of sulfonamides is 1. The second-order valence-electron chi connectivity index (χ2n) is 4.22. The van der Waals surface area contributed by atoms with Gasteiger partial charge in [-0.2, -0.15) is 0 Å². The molecule has 0 amide bonds. The van der Waals surface area contributed by atoms with E-state index in [1.165, 1.54) is 36.4 Å². The van der Waals surface area contributed by atoms with Crippen LogP contribution in [0.1, 0.15) is 0 Å². The predicted molar refractivity (Wildman–Crippen MR) is 76.8 cm³/mol. The maximum Gasteiger partial charge on any atom is 0.229 e. The standard InChI is InChI=1S/C13H13NO4S2/c1-19(15,16)14-11-7-9-13(10-8-11)20(17,18)12-5-3-2-4-6-12/h2-10,14H,1H3. The van der Waals surface area contributed by atoms with Crippen LogP contribution in [-0.4, -0.2) is 23.1 Å². The van der Waals surface area contributed by atoms with Gasteiger partial charge in [-0.1, -0.05) is 18.2 Å². The highest BCUT2D eigenvalue weighted by Crippen LogP contribution is 2.22. The predicted octanol–water partition coefficient (Wildman–Crippen LogP) is 1.89. The van der Waals surface area contributed by atoms with Crippen LogP contribution in [0.2, 0.25) is 0 Å². The fourth-order valence-corrected chi connectivity index (χ4v) is 3.50. The molecule has 0 spiro atoms. The molecule has 20 heavy (non-hydrogen) atoms. The van der Waals surface area contributed by atoms with Crippen LogP contribution in [0.4, 0.5) is 5.69 Å². The second kappa shape index (κ2) is 5.26. The average Bonchev–Trinajstić information content (AvgIpc) is 2.38. The summed E-state index contributed by atoms with van der Waals surface area (Å²) in [6, 6.07) is 13.6. The Bertz CT molecular complexity index is 795. The van der Waals surface area contributed by atoms with Crippen molar-refractivity contribution in [2.45, 2.75) is 9.79 Å². The summed E-state index contributed by atoms with van der Waals surface area (Å²) >= 11 is 0. The van der Waals surface area contributed by atoms with Crippen LogP contribution >= 0.6 is 0 Å². The first-order valence-corrected chi connectivity index (χ1v) is 9.04. The summed E-state index contributed by atoms with van der Waals surface area (Å²) in [7, 11) is -6.95. The smallest absolute Gasteiger partial charge is 0.229 e. The monoisotopic (exact) mass is 311 g/mol. The number of benzene rings is 2. The van der Waals surface area contributed by atoms with Gasteiger partial charge in [-0.25, -0.2) is 16.8 Å². The molecule has 5 nitrogen and oxygen atoms in total. The molecule has 0 heterocycles. The summed E-state index contributed by atoms with van der Waals surface area (Å²) in [4.78, 5) is 0.312. The Labute approximate surface area is 118 Å². The molecule has 2 aromatic carbocycles. The van der Waals surface area contributed by atoms with Gasteiger partial charge in [-0.05, 0) is 36.4 Å². The molecular weight excluding hydrogens is 298 g/mol. The highest BCUT2D eigenvalue weighted by molar-refractivity contribution is 7.92. The molecule has 7 heteroatoms. The Morgan fingerprint density at radius 1 is 0.750 bits per heavy atom. The molecule has 0 aliphatic heterocycles. The van der Waals surface area contributed by atoms with Crippen molar-refractivity contribution in [2.24, 2.45) is 0 Å². The highest BCUT2D eigenvalue weighted by atomic mass is 32.2. The second-order valence-corrected chi connectivity index (χ2v) is 7.91. The van der Waals surface area contributed by atoms with E-state index in [0.29, 0.717) is 5.69 Å². The van der Waals surface area contributed by atoms with E-state index < -0.39 is 19.9 Å². The fraction of sp³-hybridized carbons (Fsp3) is 0.0769. The minimum atomic E-state index is -3.58. The van der Waals surface area contributed by atoms with Crippen LogP contribution in [0.25, 0.3) is 0 Å². The van der Waals surface area contributed by atoms with Crippen molar-refractivity contribution in [1.82, 2.24) is 0 Å². The Morgan fingerprint density at radius 3 is 1.75 bits per heavy atom. The zero-order valence-electron chi connectivity index (χ0n) is 10.6. The van der Waals surface area contributed by atoms with Gasteiger partial charge in [-0.3, -0.25) is 4.72 Å². The first-order valence-electron chi connectivity index (χ1n) is 5.67. The van der Waals surface area contributed by atoms with Gasteiger partial charge in [-0.15, -0.1) is 0 Å². The molecule has 0 aliphatic rings. The van der Waals surface area contributed by atoms with Crippen molar-refractivity contribution in [1.29, 1.82) is 0 Å². The van der Waals surface area contributed by atoms with Gasteiger partial charge in [0.15, 0.2) is 0 Å². The lowest BCUT2D eigenvalue weighted by Crippen LogP contribution is -2.09. The average molecular weight is 311 g/mol. The van der Waals surface area contributed by atoms with Crippen molar-refractivity contribution in [3.63, 3.8) is 0 Å². The summed E-state index contributed by atoms with van der Waals surface area (Å²) in [6.45, 7) is 0. The molecule has 0 saturated carbocycles. The topological polar surface area (TPSA) is 80.3 Å². The molecule has 0 radical (unpaired) electrons. The summed E-state index contributed by atoms with van der Waals surface area (Å²) in [6.07, 6.45) is 1.03. The molecule has 0 aliphatic carbocycles. The van der Waals surface area contributed by atoms with Gasteiger partial charge in [0.25, 0.3) is 0 Å². The number of nitrogens with one attached hydrogen (secondary N) is 1. The van der Waals surface area contributed by atoms with E-state index in [0.717, 1.165) is 6.26 Å². The van der Waals surface area contributed by atoms with Gasteiger partial charge in [0.1, 0.15) is 0 Å². The minimum Gasteiger partial charge on any atom is -0.284 e. The molecule has 106 valence electrons. The maximum atomic E-state index is 12.3. The van der Waals surface area contributed by atoms with Gasteiger partial charge in [0.05, 0.1) is 16.0 Å². The SMILES string of the molecule is CS(=O)(=O)Nc1ccc(S(=O)(=O)c2ccccc2)cc1. The normalized spacial score (nSPS) is 12.1. The van der Waals surface area contributed by atoms with Gasteiger partial charge < -0.3 is 0 Å². The van der Waals surface area contributed by atoms with E-state index in [9.17, 15) is 16.8 Å². The van der Waals surface area contributed by atoms with Gasteiger partial charge >= 0.3 is 0 Å². The minimum absolute atomic E-state index is 0.114. The van der Waals surface area contributed by atoms with Crippen molar-refractivity contribution in [2.75, 3.05) is 11.0 Å². The first-order chi connectivity index (χ1) is 9.29. The molecule has 0 fully saturated rings. The molecule has 2 rings (SSSR count). The maximum absolute atomic E-state index is 12.3. The third kappa shape index (κ3) is 3.37. The van der Waals surface area contributed by atoms with Gasteiger partial charge in [0.2, 0.25) is 19.9 Å². The molecule has 0 bridgehead atoms. The van der Waals surface area contributed by atoms with Crippen LogP contribution in [0, 0.1) is 0 Å². The summed E-state index contributed by atoms with van der Waals surface area (Å²) in [5.74, 6) is 0. The van der Waals surface area contributed by atoms with Crippen LogP contribution < -0.4 is 4.72 Å². The van der Waals surface area contributed by atoms with Gasteiger partial charge in [0, 0.05) is 5.69 Å². The highest BCUT2D eigenvalue weighted by Gasteiger charge is 2.16. The Hall–Kier alpha value is -1.86. The van der Waals surface area contributed by atoms with E-state index in [1.54, 1.807) is 18.2 Å². The Morgan fingerprint density at radius 2 is 1.25 bits per heavy atom. The van der Waals surface area contributed by atoms with E-state index >= 15 is 0 Å². The van der Waals surface area contributed by atoms with Crippen molar-refractivity contribution in [3.8, 4) is 0 Å². The third-order valence-corrected chi connectivity index (χ3v) is 4.91. The number of anilines is 1. The van der Waals surface area contributed by atoms with Crippen molar-refractivity contribution < 1.29 is 16.8 Å². The van der Waals surface area contributed by atoms with Crippen LogP contribution in [0.5, 0.6) is 0 Å². The quantitative estimate of drug-likeness (QED) is 0.935. The lowest BCUT2D eigenvalue weighted by atomic mass is 10.3. The lowest BCUT2D eigenvalue weighted by Gasteiger charge is -2.07. The van der Waals surface area contributed by atoms with Crippen molar-refractivity contribution in [3.05, 3.63) is 54.6 Å². The Kier molecular flexibility index (Phi) is 3.82. The summed E-state index contributed by atoms with van der Waals surface area (Å²) in [5.41, 5.74) is 0.319. The van der Waals surface area contributed by atoms with Crippen molar-refractivity contribution >= 4 is 25.5 Å². The lowest BCUT2D eigenvalue weighted by molar-refractivity contribution is 0.596. The van der Waals surface area contributed by atoms with Crippen LogP contribution in [0.15, 0.2) is 64.4 Å². The molecule has 0 unspecified atom stereocenters. The number of hydrogen-bond donors (Lipinski definition) is 1. The molecule has 1 N–H and O–H groups in total. The molecule has 0 saturated heterocycles. The van der Waals surface area contributed by atoms with E-state index in [1.807, 2.05) is 0 Å². The van der Waals surface area contributed by atoms with Crippen LogP contribution in [-0.2, 0) is 19.9 Å². The zero-order valence-corrected chi connectivity index (χ0v) is 12.3. The first kappa shape index (κ1) is 14.5. The Balaban J connectivity index is 2.36. The molecular formula is C13H13NO4S2. The zero-order chi connectivity index (χ0) is 14.8. The third-order valence-electron chi connectivity index (χ3n) is 2.52. The van der Waals surface area contributed by atoms with Crippen LogP contribution in [0.3, 0.4) is 0 Å². The number of rotatable bonds is 4. The van der Waals surface area contributed by atoms with E-state index in [-0.39, 0.29) is 9.79 Å². The largest absolute Gasteiger partial charge is 0.284 e. The molecule has 2 aromatic rings.